The molecule has 1 rings (SSSR count). The minimum Gasteiger partial charge on any atom is -0.478 e. The highest BCUT2D eigenvalue weighted by Crippen LogP contribution is 2.07. The lowest BCUT2D eigenvalue weighted by molar-refractivity contribution is -0.00634. The molecule has 0 amide bonds. The second kappa shape index (κ2) is 7.99. The van der Waals surface area contributed by atoms with Crippen molar-refractivity contribution in [3.8, 4) is 0 Å². The zero-order valence-electron chi connectivity index (χ0n) is 12.2. The van der Waals surface area contributed by atoms with Gasteiger partial charge in [0.2, 0.25) is 0 Å². The van der Waals surface area contributed by atoms with E-state index in [0.29, 0.717) is 19.7 Å². The summed E-state index contributed by atoms with van der Waals surface area (Å²) in [6.45, 7) is 5.34. The van der Waals surface area contributed by atoms with Gasteiger partial charge in [-0.3, -0.25) is 4.90 Å². The van der Waals surface area contributed by atoms with E-state index in [1.165, 1.54) is 0 Å². The second-order valence-corrected chi connectivity index (χ2v) is 5.23. The molecule has 0 heterocycles. The summed E-state index contributed by atoms with van der Waals surface area (Å²) < 4.78 is 5.35. The molecule has 0 spiro atoms. The summed E-state index contributed by atoms with van der Waals surface area (Å²) in [4.78, 5) is 12.7. The quantitative estimate of drug-likeness (QED) is 0.757. The lowest BCUT2D eigenvalue weighted by Crippen LogP contribution is -2.32. The van der Waals surface area contributed by atoms with Crippen LogP contribution < -0.4 is 0 Å². The van der Waals surface area contributed by atoms with Crippen molar-refractivity contribution >= 4 is 5.97 Å². The third-order valence-electron chi connectivity index (χ3n) is 2.80. The molecule has 0 aromatic heterocycles. The molecule has 1 unspecified atom stereocenters. The van der Waals surface area contributed by atoms with E-state index >= 15 is 0 Å². The fourth-order valence-corrected chi connectivity index (χ4v) is 1.84. The van der Waals surface area contributed by atoms with Crippen LogP contribution in [0.15, 0.2) is 24.3 Å². The number of likely N-dealkylation sites (N-methyl/N-ethyl adjacent to an activating group) is 1. The monoisotopic (exact) mass is 281 g/mol. The Morgan fingerprint density at radius 2 is 1.90 bits per heavy atom. The van der Waals surface area contributed by atoms with Gasteiger partial charge in [0.25, 0.3) is 0 Å². The number of ether oxygens (including phenoxy) is 1. The highest BCUT2D eigenvalue weighted by Gasteiger charge is 2.10. The van der Waals surface area contributed by atoms with E-state index in [9.17, 15) is 9.90 Å². The van der Waals surface area contributed by atoms with Crippen LogP contribution in [0.25, 0.3) is 0 Å². The van der Waals surface area contributed by atoms with Gasteiger partial charge in [-0.15, -0.1) is 0 Å². The van der Waals surface area contributed by atoms with Crippen LogP contribution in [0.1, 0.15) is 29.8 Å². The predicted octanol–water partition coefficient (Wildman–Crippen LogP) is 1.60. The lowest BCUT2D eigenvalue weighted by atomic mass is 10.1. The molecule has 0 aliphatic carbocycles. The Bertz CT molecular complexity index is 416. The van der Waals surface area contributed by atoms with Gasteiger partial charge in [0, 0.05) is 13.1 Å². The minimum absolute atomic E-state index is 0.110. The summed E-state index contributed by atoms with van der Waals surface area (Å²) in [7, 11) is 1.91. The molecule has 0 aliphatic rings. The van der Waals surface area contributed by atoms with Crippen molar-refractivity contribution < 1.29 is 19.7 Å². The zero-order chi connectivity index (χ0) is 15.1. The van der Waals surface area contributed by atoms with Crippen molar-refractivity contribution in [2.45, 2.75) is 32.6 Å². The van der Waals surface area contributed by atoms with Crippen molar-refractivity contribution in [2.75, 3.05) is 20.2 Å². The summed E-state index contributed by atoms with van der Waals surface area (Å²) in [6, 6.07) is 6.75. The highest BCUT2D eigenvalue weighted by atomic mass is 16.5. The summed E-state index contributed by atoms with van der Waals surface area (Å²) in [6.07, 6.45) is -0.417. The van der Waals surface area contributed by atoms with E-state index in [4.69, 9.17) is 9.84 Å². The van der Waals surface area contributed by atoms with Crippen LogP contribution in [0.3, 0.4) is 0 Å². The first-order chi connectivity index (χ1) is 9.38. The van der Waals surface area contributed by atoms with Crippen LogP contribution in [0.2, 0.25) is 0 Å². The van der Waals surface area contributed by atoms with Gasteiger partial charge in [0.1, 0.15) is 0 Å². The number of benzene rings is 1. The molecule has 0 saturated heterocycles. The molecule has 1 atom stereocenters. The van der Waals surface area contributed by atoms with Gasteiger partial charge in [-0.25, -0.2) is 4.79 Å². The average molecular weight is 281 g/mol. The standard InChI is InChI=1S/C15H23NO4/c1-11(2)20-10-14(17)9-16(3)8-12-4-6-13(7-5-12)15(18)19/h4-7,11,14,17H,8-10H2,1-3H3,(H,18,19). The van der Waals surface area contributed by atoms with Gasteiger partial charge in [0.15, 0.2) is 0 Å². The summed E-state index contributed by atoms with van der Waals surface area (Å²) in [5.41, 5.74) is 1.29. The number of rotatable bonds is 8. The fourth-order valence-electron chi connectivity index (χ4n) is 1.84. The molecule has 0 radical (unpaired) electrons. The van der Waals surface area contributed by atoms with Crippen LogP contribution in [0.5, 0.6) is 0 Å². The average Bonchev–Trinajstić information content (AvgIpc) is 2.36. The molecule has 1 aromatic rings. The lowest BCUT2D eigenvalue weighted by Gasteiger charge is -2.21. The predicted molar refractivity (Wildman–Crippen MR) is 76.8 cm³/mol. The summed E-state index contributed by atoms with van der Waals surface area (Å²) in [5.74, 6) is -0.925. The van der Waals surface area contributed by atoms with E-state index in [0.717, 1.165) is 5.56 Å². The molecule has 5 nitrogen and oxygen atoms in total. The Morgan fingerprint density at radius 3 is 2.40 bits per heavy atom. The van der Waals surface area contributed by atoms with Gasteiger partial charge in [-0.05, 0) is 38.6 Å². The minimum atomic E-state index is -0.925. The molecular formula is C15H23NO4. The number of carbonyl (C=O) groups is 1. The molecule has 0 fully saturated rings. The molecule has 1 aromatic carbocycles. The number of hydrogen-bond acceptors (Lipinski definition) is 4. The first-order valence-corrected chi connectivity index (χ1v) is 6.69. The van der Waals surface area contributed by atoms with Crippen molar-refractivity contribution in [2.24, 2.45) is 0 Å². The van der Waals surface area contributed by atoms with Crippen LogP contribution in [0, 0.1) is 0 Å². The van der Waals surface area contributed by atoms with E-state index in [-0.39, 0.29) is 11.7 Å². The van der Waals surface area contributed by atoms with Gasteiger partial charge in [-0.2, -0.15) is 0 Å². The molecule has 20 heavy (non-hydrogen) atoms. The Kier molecular flexibility index (Phi) is 6.64. The van der Waals surface area contributed by atoms with Gasteiger partial charge >= 0.3 is 5.97 Å². The summed E-state index contributed by atoms with van der Waals surface area (Å²) in [5, 5.41) is 18.6. The van der Waals surface area contributed by atoms with E-state index < -0.39 is 12.1 Å². The van der Waals surface area contributed by atoms with Gasteiger partial charge in [0.05, 0.1) is 24.4 Å². The maximum atomic E-state index is 10.7. The number of nitrogens with zero attached hydrogens (tertiary/aromatic N) is 1. The van der Waals surface area contributed by atoms with E-state index in [1.54, 1.807) is 24.3 Å². The maximum Gasteiger partial charge on any atom is 0.335 e. The van der Waals surface area contributed by atoms with Crippen LogP contribution in [-0.4, -0.2) is 53.5 Å². The molecule has 0 bridgehead atoms. The third kappa shape index (κ3) is 6.14. The molecule has 112 valence electrons. The molecule has 0 aliphatic heterocycles. The second-order valence-electron chi connectivity index (χ2n) is 5.23. The Morgan fingerprint density at radius 1 is 1.30 bits per heavy atom. The van der Waals surface area contributed by atoms with E-state index in [2.05, 4.69) is 0 Å². The maximum absolute atomic E-state index is 10.7. The Balaban J connectivity index is 2.41. The fraction of sp³-hybridized carbons (Fsp3) is 0.533. The topological polar surface area (TPSA) is 70.0 Å². The first kappa shape index (κ1) is 16.6. The van der Waals surface area contributed by atoms with Crippen molar-refractivity contribution in [3.05, 3.63) is 35.4 Å². The first-order valence-electron chi connectivity index (χ1n) is 6.69. The molecule has 0 saturated carbocycles. The zero-order valence-corrected chi connectivity index (χ0v) is 12.2. The van der Waals surface area contributed by atoms with Crippen LogP contribution >= 0.6 is 0 Å². The number of aromatic carboxylic acids is 1. The largest absolute Gasteiger partial charge is 0.478 e. The summed E-state index contributed by atoms with van der Waals surface area (Å²) >= 11 is 0. The molecule has 5 heteroatoms. The Hall–Kier alpha value is -1.43. The third-order valence-corrected chi connectivity index (χ3v) is 2.80. The van der Waals surface area contributed by atoms with Gasteiger partial charge in [-0.1, -0.05) is 12.1 Å². The van der Waals surface area contributed by atoms with Crippen molar-refractivity contribution in [1.82, 2.24) is 4.90 Å². The smallest absolute Gasteiger partial charge is 0.335 e. The van der Waals surface area contributed by atoms with Crippen molar-refractivity contribution in [3.63, 3.8) is 0 Å². The number of carboxylic acids is 1. The number of carboxylic acid groups (broad SMARTS) is 1. The van der Waals surface area contributed by atoms with Gasteiger partial charge < -0.3 is 14.9 Å². The number of hydrogen-bond donors (Lipinski definition) is 2. The van der Waals surface area contributed by atoms with Crippen LogP contribution in [-0.2, 0) is 11.3 Å². The SMILES string of the molecule is CC(C)OCC(O)CN(C)Cc1ccc(C(=O)O)cc1. The molecular weight excluding hydrogens is 258 g/mol. The number of aliphatic hydroxyl groups is 1. The Labute approximate surface area is 119 Å². The normalized spacial score (nSPS) is 12.9. The number of aliphatic hydroxyl groups excluding tert-OH is 1. The molecule has 2 N–H and O–H groups in total. The highest BCUT2D eigenvalue weighted by molar-refractivity contribution is 5.87. The van der Waals surface area contributed by atoms with E-state index in [1.807, 2.05) is 25.8 Å². The van der Waals surface area contributed by atoms with Crippen molar-refractivity contribution in [1.29, 1.82) is 0 Å². The van der Waals surface area contributed by atoms with Crippen LogP contribution in [0.4, 0.5) is 0 Å².